The molecule has 0 amide bonds. The molecule has 0 unspecified atom stereocenters. The Morgan fingerprint density at radius 1 is 0.312 bits per heavy atom. The van der Waals surface area contributed by atoms with Gasteiger partial charge in [-0.25, -0.2) is 9.97 Å². The topological polar surface area (TPSA) is 97.1 Å². The van der Waals surface area contributed by atoms with E-state index in [1.807, 2.05) is 127 Å². The lowest BCUT2D eigenvalue weighted by molar-refractivity contribution is 0.311. The molecule has 14 rings (SSSR count). The first-order chi connectivity index (χ1) is 38.2. The van der Waals surface area contributed by atoms with E-state index >= 15 is 0 Å². The molecule has 0 radical (unpaired) electrons. The lowest BCUT2D eigenvalue weighted by atomic mass is 10.0. The molecule has 0 aliphatic heterocycles. The third-order valence-electron chi connectivity index (χ3n) is 13.5. The van der Waals surface area contributed by atoms with E-state index in [9.17, 15) is 0 Å². The molecule has 9 nitrogen and oxygen atoms in total. The number of hydrogen-bond acceptors (Lipinski definition) is 8. The highest BCUT2D eigenvalue weighted by molar-refractivity contribution is 6.40. The maximum Gasteiger partial charge on any atom is 1.20 e. The lowest BCUT2D eigenvalue weighted by Gasteiger charge is -2.18. The van der Waals surface area contributed by atoms with Gasteiger partial charge in [-0.05, 0) is 83.9 Å². The van der Waals surface area contributed by atoms with Crippen molar-refractivity contribution in [2.45, 2.75) is 0 Å². The second-order valence-electron chi connectivity index (χ2n) is 18.3. The molecule has 5 aromatic heterocycles. The van der Waals surface area contributed by atoms with Crippen molar-refractivity contribution in [3.63, 3.8) is 0 Å². The molecule has 0 N–H and O–H groups in total. The number of hydrogen-bond donors (Lipinski definition) is 0. The Balaban J connectivity index is 0.000000151. The average Bonchev–Trinajstić information content (AvgIpc) is 3.85. The number of para-hydroxylation sites is 5. The molecule has 0 spiro atoms. The first-order valence-electron chi connectivity index (χ1n) is 25.4. The molecular weight excluding hydrogens is 964 g/mol. The molecular formula is C67H45AlN6O3. The van der Waals surface area contributed by atoms with Crippen LogP contribution in [-0.2, 0) is 0 Å². The molecule has 0 saturated carbocycles. The van der Waals surface area contributed by atoms with E-state index in [4.69, 9.17) is 21.3 Å². The van der Waals surface area contributed by atoms with Crippen molar-refractivity contribution >= 4 is 69.7 Å². The molecule has 0 atom stereocenters. The standard InChI is InChI=1S/C40H27N3.3C9H7NO.Al/c1-3-12-29(13-4-1)36-27-37(42-40(41-36)30-14-5-2-6-15-30)32-17-11-16-31(26-32)28-22-24-33(25-23-28)43-38-20-9-7-18-34(38)35-19-8-10-21-39(35)43;3*11-8-5-1-3-7-4-2-6-10-9(7)8;/h1-27H;3*1-6,11H;/q;;;;+3/p-3. The highest BCUT2D eigenvalue weighted by Crippen LogP contribution is 2.35. The molecule has 9 aromatic carbocycles. The van der Waals surface area contributed by atoms with Crippen LogP contribution in [0.5, 0.6) is 17.2 Å². The Morgan fingerprint density at radius 3 is 1.25 bits per heavy atom. The summed E-state index contributed by atoms with van der Waals surface area (Å²) in [5.41, 5.74) is 13.1. The van der Waals surface area contributed by atoms with Crippen molar-refractivity contribution in [2.75, 3.05) is 0 Å². The Labute approximate surface area is 449 Å². The van der Waals surface area contributed by atoms with Crippen LogP contribution in [0.15, 0.2) is 273 Å². The number of aromatic nitrogens is 6. The summed E-state index contributed by atoms with van der Waals surface area (Å²) in [5, 5.41) is 5.47. The van der Waals surface area contributed by atoms with Crippen molar-refractivity contribution < 1.29 is 11.4 Å². The minimum Gasteiger partial charge on any atom is -0.576 e. The molecule has 0 aliphatic rings. The highest BCUT2D eigenvalue weighted by Gasteiger charge is 2.46. The molecule has 0 fully saturated rings. The van der Waals surface area contributed by atoms with E-state index in [-0.39, 0.29) is 0 Å². The van der Waals surface area contributed by atoms with Gasteiger partial charge in [0.25, 0.3) is 0 Å². The summed E-state index contributed by atoms with van der Waals surface area (Å²) < 4.78 is 21.6. The predicted molar refractivity (Wildman–Crippen MR) is 311 cm³/mol. The molecule has 364 valence electrons. The molecule has 77 heavy (non-hydrogen) atoms. The van der Waals surface area contributed by atoms with Gasteiger partial charge >= 0.3 is 15.1 Å². The van der Waals surface area contributed by atoms with Crippen molar-refractivity contribution in [1.29, 1.82) is 0 Å². The summed E-state index contributed by atoms with van der Waals surface area (Å²) in [6.45, 7) is 0. The third kappa shape index (κ3) is 9.70. The van der Waals surface area contributed by atoms with Gasteiger partial charge < -0.3 is 15.9 Å². The van der Waals surface area contributed by atoms with Gasteiger partial charge in [-0.2, -0.15) is 0 Å². The van der Waals surface area contributed by atoms with Gasteiger partial charge in [-0.15, -0.1) is 0 Å². The van der Waals surface area contributed by atoms with Gasteiger partial charge in [-0.1, -0.05) is 182 Å². The Hall–Kier alpha value is -9.98. The smallest absolute Gasteiger partial charge is 0.576 e. The second kappa shape index (κ2) is 21.1. The van der Waals surface area contributed by atoms with Crippen LogP contribution in [0.25, 0.3) is 105 Å². The minimum absolute atomic E-state index is 0.608. The first-order valence-corrected chi connectivity index (χ1v) is 26.8. The largest absolute Gasteiger partial charge is 1.20 e. The van der Waals surface area contributed by atoms with Crippen molar-refractivity contribution in [2.24, 2.45) is 0 Å². The van der Waals surface area contributed by atoms with E-state index < -0.39 is 15.1 Å². The quantitative estimate of drug-likeness (QED) is 0.118. The average molecular weight is 1010 g/mol. The SMILES string of the molecule is c1ccc(-c2cc(-c3cccc(-c4ccc(-n5c6ccccc6c6ccccc65)cc4)c3)nc(-c3ccccc3)n2)cc1.c1cnc2c([O][Al]([O]c3cccc4cccnc34)[O]c3cccc4cccnc34)cccc2c1. The van der Waals surface area contributed by atoms with Crippen LogP contribution in [0.4, 0.5) is 0 Å². The zero-order valence-electron chi connectivity index (χ0n) is 41.5. The normalized spacial score (nSPS) is 11.1. The van der Waals surface area contributed by atoms with Gasteiger partial charge in [-0.3, -0.25) is 15.0 Å². The van der Waals surface area contributed by atoms with Crippen molar-refractivity contribution in [1.82, 2.24) is 29.5 Å². The molecule has 0 bridgehead atoms. The number of benzene rings is 9. The van der Waals surface area contributed by atoms with Gasteiger partial charge in [0.2, 0.25) is 0 Å². The van der Waals surface area contributed by atoms with Crippen molar-refractivity contribution in [3.05, 3.63) is 273 Å². The molecule has 14 aromatic rings. The molecule has 0 saturated heterocycles. The van der Waals surface area contributed by atoms with E-state index in [1.165, 1.54) is 21.8 Å². The summed E-state index contributed by atoms with van der Waals surface area (Å²) in [4.78, 5) is 23.5. The van der Waals surface area contributed by atoms with Crippen LogP contribution in [0.1, 0.15) is 0 Å². The number of pyridine rings is 3. The fourth-order valence-electron chi connectivity index (χ4n) is 9.83. The summed E-state index contributed by atoms with van der Waals surface area (Å²) >= 11 is -2.86. The summed E-state index contributed by atoms with van der Waals surface area (Å²) in [5.74, 6) is 2.54. The van der Waals surface area contributed by atoms with E-state index in [0.29, 0.717) is 17.2 Å². The minimum atomic E-state index is -2.86. The number of nitrogens with zero attached hydrogens (tertiary/aromatic N) is 6. The highest BCUT2D eigenvalue weighted by atomic mass is 27.3. The van der Waals surface area contributed by atoms with Gasteiger partial charge in [0.1, 0.15) is 33.8 Å². The monoisotopic (exact) mass is 1010 g/mol. The van der Waals surface area contributed by atoms with Crippen LogP contribution in [0.3, 0.4) is 0 Å². The molecule has 0 aliphatic carbocycles. The van der Waals surface area contributed by atoms with Gasteiger partial charge in [0.05, 0.1) is 22.4 Å². The Kier molecular flexibility index (Phi) is 12.8. The van der Waals surface area contributed by atoms with Crippen LogP contribution < -0.4 is 11.4 Å². The van der Waals surface area contributed by atoms with Crippen molar-refractivity contribution in [3.8, 4) is 68.0 Å². The van der Waals surface area contributed by atoms with Crippen LogP contribution >= 0.6 is 0 Å². The fraction of sp³-hybridized carbons (Fsp3) is 0. The van der Waals surface area contributed by atoms with Gasteiger partial charge in [0.15, 0.2) is 5.82 Å². The first kappa shape index (κ1) is 46.8. The zero-order valence-corrected chi connectivity index (χ0v) is 42.6. The summed E-state index contributed by atoms with van der Waals surface area (Å²) in [6, 6.07) is 86.4. The van der Waals surface area contributed by atoms with Crippen LogP contribution in [0.2, 0.25) is 0 Å². The predicted octanol–water partition coefficient (Wildman–Crippen LogP) is 16.1. The maximum atomic E-state index is 6.41. The molecule has 5 heterocycles. The zero-order chi connectivity index (χ0) is 51.3. The third-order valence-corrected chi connectivity index (χ3v) is 14.8. The number of rotatable bonds is 11. The maximum absolute atomic E-state index is 6.41. The van der Waals surface area contributed by atoms with E-state index in [2.05, 4.69) is 147 Å². The lowest BCUT2D eigenvalue weighted by Crippen LogP contribution is -2.37. The summed E-state index contributed by atoms with van der Waals surface area (Å²) in [6.07, 6.45) is 5.24. The summed E-state index contributed by atoms with van der Waals surface area (Å²) in [7, 11) is 0. The fourth-order valence-corrected chi connectivity index (χ4v) is 11.2. The number of fused-ring (bicyclic) bond motifs is 6. The van der Waals surface area contributed by atoms with E-state index in [1.54, 1.807) is 18.6 Å². The van der Waals surface area contributed by atoms with Crippen LogP contribution in [0, 0.1) is 0 Å². The van der Waals surface area contributed by atoms with Crippen LogP contribution in [-0.4, -0.2) is 44.6 Å². The Morgan fingerprint density at radius 2 is 0.727 bits per heavy atom. The van der Waals surface area contributed by atoms with E-state index in [0.717, 1.165) is 83.4 Å². The second-order valence-corrected chi connectivity index (χ2v) is 19.6. The Bertz CT molecular complexity index is 4080. The van der Waals surface area contributed by atoms with Gasteiger partial charge in [0, 0.05) is 67.9 Å². The molecule has 10 heteroatoms.